The molecule has 0 aliphatic rings. The molecule has 0 fully saturated rings. The van der Waals surface area contributed by atoms with Crippen molar-refractivity contribution in [1.29, 1.82) is 0 Å². The molecule has 58 heavy (non-hydrogen) atoms. The predicted molar refractivity (Wildman–Crippen MR) is 210 cm³/mol. The number of carbonyl (C=O) groups excluding carboxylic acids is 2. The van der Waals surface area contributed by atoms with Gasteiger partial charge in [-0.3, -0.25) is 28.9 Å². The number of pyridine rings is 2. The number of halogens is 8. The Morgan fingerprint density at radius 2 is 0.948 bits per heavy atom. The summed E-state index contributed by atoms with van der Waals surface area (Å²) in [5.74, 6) is -0.668. The lowest BCUT2D eigenvalue weighted by molar-refractivity contribution is -0.181. The SMILES string of the molecule is C[C@@H](NC(=O)c1ccc2nc(C(C)(C)C(F)(F)F)ccc2c1)c1cnn(C)c1Cl.C[C@H](NC(=O)c1ccc2nc(C(C)(C)C(F)(F)F)ccc2c1)c1cnn(C)c1Cl. The summed E-state index contributed by atoms with van der Waals surface area (Å²) in [5.41, 5.74) is -1.41. The molecular weight excluding hydrogens is 809 g/mol. The zero-order valence-corrected chi connectivity index (χ0v) is 34.1. The first-order valence-corrected chi connectivity index (χ1v) is 18.5. The standard InChI is InChI=1S/2C20H20ClF3N4O/c2*1-11(14-10-25-28(4)17(14)21)26-18(29)13-5-7-15-12(9-13)6-8-16(27-15)19(2,3)20(22,23)24/h2*5-11H,1-4H3,(H,26,29)/t2*11-/m10/s1. The third kappa shape index (κ3) is 8.92. The van der Waals surface area contributed by atoms with Crippen LogP contribution in [0.5, 0.6) is 0 Å². The highest BCUT2D eigenvalue weighted by Gasteiger charge is 2.50. The highest BCUT2D eigenvalue weighted by molar-refractivity contribution is 6.30. The van der Waals surface area contributed by atoms with E-state index < -0.39 is 23.2 Å². The Morgan fingerprint density at radius 1 is 0.603 bits per heavy atom. The van der Waals surface area contributed by atoms with E-state index in [9.17, 15) is 35.9 Å². The van der Waals surface area contributed by atoms with Crippen LogP contribution in [0.3, 0.4) is 0 Å². The van der Waals surface area contributed by atoms with Crippen LogP contribution < -0.4 is 10.6 Å². The highest BCUT2D eigenvalue weighted by atomic mass is 35.5. The van der Waals surface area contributed by atoms with Crippen molar-refractivity contribution in [3.63, 3.8) is 0 Å². The van der Waals surface area contributed by atoms with E-state index in [0.717, 1.165) is 27.7 Å². The first-order chi connectivity index (χ1) is 26.8. The van der Waals surface area contributed by atoms with Crippen LogP contribution in [0.2, 0.25) is 10.3 Å². The maximum atomic E-state index is 13.3. The minimum atomic E-state index is -4.42. The van der Waals surface area contributed by atoms with E-state index in [1.807, 2.05) is 0 Å². The quantitative estimate of drug-likeness (QED) is 0.147. The number of aryl methyl sites for hydroxylation is 2. The molecule has 0 bridgehead atoms. The van der Waals surface area contributed by atoms with Crippen molar-refractivity contribution in [2.24, 2.45) is 14.1 Å². The van der Waals surface area contributed by atoms with Gasteiger partial charge < -0.3 is 10.6 Å². The second kappa shape index (κ2) is 16.2. The summed E-state index contributed by atoms with van der Waals surface area (Å²) in [7, 11) is 3.40. The zero-order valence-electron chi connectivity index (χ0n) is 32.6. The van der Waals surface area contributed by atoms with Gasteiger partial charge in [0.15, 0.2) is 0 Å². The van der Waals surface area contributed by atoms with E-state index in [1.54, 1.807) is 76.7 Å². The summed E-state index contributed by atoms with van der Waals surface area (Å²) < 4.78 is 82.6. The van der Waals surface area contributed by atoms with E-state index in [2.05, 4.69) is 30.8 Å². The molecule has 2 amide bonds. The summed E-state index contributed by atoms with van der Waals surface area (Å²) >= 11 is 12.3. The van der Waals surface area contributed by atoms with Crippen LogP contribution in [-0.4, -0.2) is 53.7 Å². The molecule has 0 spiro atoms. The number of nitrogens with zero attached hydrogens (tertiary/aromatic N) is 6. The molecule has 2 aromatic carbocycles. The van der Waals surface area contributed by atoms with E-state index in [4.69, 9.17) is 23.2 Å². The van der Waals surface area contributed by atoms with Crippen molar-refractivity contribution in [3.8, 4) is 0 Å². The van der Waals surface area contributed by atoms with Crippen molar-refractivity contribution in [3.05, 3.63) is 117 Å². The third-order valence-corrected chi connectivity index (χ3v) is 10.9. The molecule has 0 aliphatic heterocycles. The molecule has 2 N–H and O–H groups in total. The lowest BCUT2D eigenvalue weighted by atomic mass is 9.87. The zero-order chi connectivity index (χ0) is 43.1. The molecule has 0 unspecified atom stereocenters. The number of alkyl halides is 6. The minimum Gasteiger partial charge on any atom is -0.345 e. The summed E-state index contributed by atoms with van der Waals surface area (Å²) in [6.45, 7) is 7.94. The summed E-state index contributed by atoms with van der Waals surface area (Å²) in [5, 5.41) is 15.8. The first kappa shape index (κ1) is 43.9. The van der Waals surface area contributed by atoms with Gasteiger partial charge in [-0.15, -0.1) is 0 Å². The topological polar surface area (TPSA) is 120 Å². The van der Waals surface area contributed by atoms with Crippen molar-refractivity contribution in [2.45, 2.75) is 76.8 Å². The summed E-state index contributed by atoms with van der Waals surface area (Å²) in [4.78, 5) is 33.5. The van der Waals surface area contributed by atoms with Gasteiger partial charge >= 0.3 is 12.4 Å². The highest BCUT2D eigenvalue weighted by Crippen LogP contribution is 2.41. The smallest absolute Gasteiger partial charge is 0.345 e. The number of rotatable bonds is 8. The molecule has 6 rings (SSSR count). The average molecular weight is 850 g/mol. The number of fused-ring (bicyclic) bond motifs is 2. The van der Waals surface area contributed by atoms with Crippen LogP contribution in [0.15, 0.2) is 73.1 Å². The van der Waals surface area contributed by atoms with Crippen LogP contribution in [0.4, 0.5) is 26.3 Å². The Hall–Kier alpha value is -5.22. The second-order valence-electron chi connectivity index (χ2n) is 14.9. The lowest BCUT2D eigenvalue weighted by Crippen LogP contribution is -2.37. The normalized spacial score (nSPS) is 13.5. The molecule has 0 saturated heterocycles. The first-order valence-electron chi connectivity index (χ1n) is 17.8. The summed E-state index contributed by atoms with van der Waals surface area (Å²) in [6, 6.07) is 14.4. The number of hydrogen-bond donors (Lipinski definition) is 2. The number of hydrogen-bond acceptors (Lipinski definition) is 6. The van der Waals surface area contributed by atoms with Gasteiger partial charge in [0, 0.05) is 47.1 Å². The van der Waals surface area contributed by atoms with Crippen LogP contribution in [0, 0.1) is 0 Å². The average Bonchev–Trinajstić information content (AvgIpc) is 3.68. The van der Waals surface area contributed by atoms with Crippen LogP contribution in [0.25, 0.3) is 21.8 Å². The molecule has 4 aromatic heterocycles. The van der Waals surface area contributed by atoms with Gasteiger partial charge in [-0.2, -0.15) is 36.5 Å². The fourth-order valence-corrected chi connectivity index (χ4v) is 6.21. The maximum absolute atomic E-state index is 13.3. The second-order valence-corrected chi connectivity index (χ2v) is 15.6. The number of aromatic nitrogens is 6. The molecule has 18 heteroatoms. The van der Waals surface area contributed by atoms with E-state index in [0.29, 0.717) is 54.4 Å². The van der Waals surface area contributed by atoms with E-state index in [1.165, 1.54) is 33.6 Å². The largest absolute Gasteiger partial charge is 0.399 e. The Labute approximate surface area is 339 Å². The lowest BCUT2D eigenvalue weighted by Gasteiger charge is -2.27. The molecule has 10 nitrogen and oxygen atoms in total. The fourth-order valence-electron chi connectivity index (χ4n) is 5.70. The van der Waals surface area contributed by atoms with Gasteiger partial charge in [-0.1, -0.05) is 35.3 Å². The van der Waals surface area contributed by atoms with Gasteiger partial charge in [-0.05, 0) is 90.1 Å². The molecular formula is C40H40Cl2F6N8O2. The van der Waals surface area contributed by atoms with E-state index in [-0.39, 0.29) is 35.3 Å². The monoisotopic (exact) mass is 848 g/mol. The van der Waals surface area contributed by atoms with Gasteiger partial charge in [0.2, 0.25) is 0 Å². The Morgan fingerprint density at radius 3 is 1.24 bits per heavy atom. The van der Waals surface area contributed by atoms with Gasteiger partial charge in [0.1, 0.15) is 21.1 Å². The van der Waals surface area contributed by atoms with Crippen molar-refractivity contribution < 1.29 is 35.9 Å². The molecule has 4 heterocycles. The van der Waals surface area contributed by atoms with Gasteiger partial charge in [0.05, 0.1) is 46.9 Å². The maximum Gasteiger partial charge on any atom is 0.399 e. The Kier molecular flexibility index (Phi) is 12.3. The molecule has 0 radical (unpaired) electrons. The molecule has 308 valence electrons. The van der Waals surface area contributed by atoms with Crippen molar-refractivity contribution in [1.82, 2.24) is 40.2 Å². The predicted octanol–water partition coefficient (Wildman–Crippen LogP) is 9.91. The van der Waals surface area contributed by atoms with Gasteiger partial charge in [-0.25, -0.2) is 0 Å². The third-order valence-electron chi connectivity index (χ3n) is 10.0. The number of benzene rings is 2. The molecule has 0 aliphatic carbocycles. The van der Waals surface area contributed by atoms with Crippen molar-refractivity contribution >= 4 is 56.8 Å². The minimum absolute atomic E-state index is 0.0745. The van der Waals surface area contributed by atoms with Crippen LogP contribution in [-0.2, 0) is 24.9 Å². The van der Waals surface area contributed by atoms with Crippen LogP contribution in [0.1, 0.15) is 96.9 Å². The molecule has 6 aromatic rings. The number of amides is 2. The molecule has 2 atom stereocenters. The molecule has 0 saturated carbocycles. The Bertz CT molecular complexity index is 2320. The van der Waals surface area contributed by atoms with Crippen molar-refractivity contribution in [2.75, 3.05) is 0 Å². The summed E-state index contributed by atoms with van der Waals surface area (Å²) in [6.07, 6.45) is -5.67. The number of nitrogens with one attached hydrogen (secondary N) is 2. The van der Waals surface area contributed by atoms with Gasteiger partial charge in [0.25, 0.3) is 11.8 Å². The van der Waals surface area contributed by atoms with Crippen LogP contribution >= 0.6 is 23.2 Å². The van der Waals surface area contributed by atoms with E-state index >= 15 is 0 Å². The fraction of sp³-hybridized carbons (Fsp3) is 0.350. The number of carbonyl (C=O) groups is 2. The Balaban J connectivity index is 0.000000221.